The van der Waals surface area contributed by atoms with E-state index >= 15 is 0 Å². The average molecular weight is 252 g/mol. The molecule has 2 rings (SSSR count). The first-order valence-corrected chi connectivity index (χ1v) is 6.40. The molecule has 1 aromatic carbocycles. The first kappa shape index (κ1) is 13.3. The van der Waals surface area contributed by atoms with Crippen LogP contribution in [0.5, 0.6) is 0 Å². The maximum Gasteiger partial charge on any atom is 0.125 e. The molecule has 1 fully saturated rings. The van der Waals surface area contributed by atoms with Crippen LogP contribution in [0.1, 0.15) is 13.8 Å². The highest BCUT2D eigenvalue weighted by molar-refractivity contribution is 5.42. The quantitative estimate of drug-likeness (QED) is 0.890. The predicted molar refractivity (Wildman–Crippen MR) is 71.4 cm³/mol. The summed E-state index contributed by atoms with van der Waals surface area (Å²) in [6, 6.07) is 6.57. The SMILES string of the molecule is CC1(C)COCCN1CCNc1cccc(F)c1. The lowest BCUT2D eigenvalue weighted by Crippen LogP contribution is -2.54. The topological polar surface area (TPSA) is 24.5 Å². The van der Waals surface area contributed by atoms with Crippen molar-refractivity contribution in [1.82, 2.24) is 4.90 Å². The Labute approximate surface area is 108 Å². The van der Waals surface area contributed by atoms with Gasteiger partial charge in [0.1, 0.15) is 5.82 Å². The summed E-state index contributed by atoms with van der Waals surface area (Å²) in [7, 11) is 0. The van der Waals surface area contributed by atoms with E-state index in [0.717, 1.165) is 38.5 Å². The molecule has 18 heavy (non-hydrogen) atoms. The molecule has 1 aliphatic rings. The van der Waals surface area contributed by atoms with Gasteiger partial charge in [0.15, 0.2) is 0 Å². The number of rotatable bonds is 4. The fourth-order valence-corrected chi connectivity index (χ4v) is 2.24. The number of hydrogen-bond donors (Lipinski definition) is 1. The number of hydrogen-bond acceptors (Lipinski definition) is 3. The molecule has 1 saturated heterocycles. The number of morpholine rings is 1. The van der Waals surface area contributed by atoms with E-state index in [4.69, 9.17) is 4.74 Å². The van der Waals surface area contributed by atoms with Gasteiger partial charge in [-0.25, -0.2) is 4.39 Å². The van der Waals surface area contributed by atoms with E-state index in [1.54, 1.807) is 6.07 Å². The zero-order valence-electron chi connectivity index (χ0n) is 11.1. The highest BCUT2D eigenvalue weighted by atomic mass is 19.1. The molecule has 1 N–H and O–H groups in total. The van der Waals surface area contributed by atoms with Crippen molar-refractivity contribution in [3.05, 3.63) is 30.1 Å². The molecule has 100 valence electrons. The summed E-state index contributed by atoms with van der Waals surface area (Å²) in [5, 5.41) is 3.25. The van der Waals surface area contributed by atoms with Crippen molar-refractivity contribution in [3.8, 4) is 0 Å². The molecule has 1 aromatic rings. The summed E-state index contributed by atoms with van der Waals surface area (Å²) in [5.41, 5.74) is 0.920. The van der Waals surface area contributed by atoms with Crippen molar-refractivity contribution in [2.24, 2.45) is 0 Å². The van der Waals surface area contributed by atoms with Gasteiger partial charge in [0.25, 0.3) is 0 Å². The van der Waals surface area contributed by atoms with Gasteiger partial charge in [-0.05, 0) is 32.0 Å². The van der Waals surface area contributed by atoms with E-state index < -0.39 is 0 Å². The summed E-state index contributed by atoms with van der Waals surface area (Å²) in [5.74, 6) is -0.202. The zero-order valence-corrected chi connectivity index (χ0v) is 11.1. The van der Waals surface area contributed by atoms with Gasteiger partial charge < -0.3 is 10.1 Å². The Morgan fingerprint density at radius 3 is 3.00 bits per heavy atom. The maximum absolute atomic E-state index is 13.0. The number of nitrogens with one attached hydrogen (secondary N) is 1. The van der Waals surface area contributed by atoms with Crippen LogP contribution < -0.4 is 5.32 Å². The van der Waals surface area contributed by atoms with Gasteiger partial charge in [0.2, 0.25) is 0 Å². The van der Waals surface area contributed by atoms with Crippen molar-refractivity contribution in [2.75, 3.05) is 38.2 Å². The number of halogens is 1. The van der Waals surface area contributed by atoms with E-state index in [-0.39, 0.29) is 11.4 Å². The molecule has 0 saturated carbocycles. The van der Waals surface area contributed by atoms with Gasteiger partial charge in [-0.3, -0.25) is 4.90 Å². The molecule has 0 aromatic heterocycles. The Bertz CT molecular complexity index is 395. The smallest absolute Gasteiger partial charge is 0.125 e. The van der Waals surface area contributed by atoms with Crippen LogP contribution in [0.25, 0.3) is 0 Å². The lowest BCUT2D eigenvalue weighted by molar-refractivity contribution is -0.0487. The average Bonchev–Trinajstić information content (AvgIpc) is 2.31. The molecule has 0 radical (unpaired) electrons. The van der Waals surface area contributed by atoms with Gasteiger partial charge in [-0.15, -0.1) is 0 Å². The lowest BCUT2D eigenvalue weighted by Gasteiger charge is -2.42. The molecule has 4 heteroatoms. The number of nitrogens with zero attached hydrogens (tertiary/aromatic N) is 1. The molecule has 1 heterocycles. The minimum Gasteiger partial charge on any atom is -0.384 e. The van der Waals surface area contributed by atoms with Crippen LogP contribution in [0.15, 0.2) is 24.3 Å². The van der Waals surface area contributed by atoms with Crippen molar-refractivity contribution in [2.45, 2.75) is 19.4 Å². The second-order valence-corrected chi connectivity index (χ2v) is 5.29. The molecule has 0 unspecified atom stereocenters. The molecular weight excluding hydrogens is 231 g/mol. The summed E-state index contributed by atoms with van der Waals surface area (Å²) in [6.45, 7) is 8.65. The van der Waals surface area contributed by atoms with Crippen molar-refractivity contribution in [3.63, 3.8) is 0 Å². The fourth-order valence-electron chi connectivity index (χ4n) is 2.24. The van der Waals surface area contributed by atoms with Crippen LogP contribution >= 0.6 is 0 Å². The summed E-state index contributed by atoms with van der Waals surface area (Å²) < 4.78 is 18.5. The first-order chi connectivity index (χ1) is 8.58. The van der Waals surface area contributed by atoms with Gasteiger partial charge in [-0.2, -0.15) is 0 Å². The van der Waals surface area contributed by atoms with Gasteiger partial charge >= 0.3 is 0 Å². The van der Waals surface area contributed by atoms with Gasteiger partial charge in [0.05, 0.1) is 13.2 Å². The molecule has 1 aliphatic heterocycles. The number of anilines is 1. The molecular formula is C14H21FN2O. The van der Waals surface area contributed by atoms with Gasteiger partial charge in [-0.1, -0.05) is 6.07 Å². The van der Waals surface area contributed by atoms with E-state index in [0.29, 0.717) is 0 Å². The summed E-state index contributed by atoms with van der Waals surface area (Å²) >= 11 is 0. The minimum atomic E-state index is -0.202. The van der Waals surface area contributed by atoms with Crippen molar-refractivity contribution in [1.29, 1.82) is 0 Å². The summed E-state index contributed by atoms with van der Waals surface area (Å²) in [6.07, 6.45) is 0. The molecule has 0 spiro atoms. The third-order valence-electron chi connectivity index (χ3n) is 3.35. The number of benzene rings is 1. The van der Waals surface area contributed by atoms with Crippen LogP contribution in [-0.2, 0) is 4.74 Å². The normalized spacial score (nSPS) is 19.7. The third kappa shape index (κ3) is 3.43. The Morgan fingerprint density at radius 1 is 1.44 bits per heavy atom. The van der Waals surface area contributed by atoms with Crippen LogP contribution in [0.3, 0.4) is 0 Å². The Morgan fingerprint density at radius 2 is 2.28 bits per heavy atom. The Hall–Kier alpha value is -1.13. The van der Waals surface area contributed by atoms with E-state index in [1.807, 2.05) is 6.07 Å². The highest BCUT2D eigenvalue weighted by Crippen LogP contribution is 2.18. The Balaban J connectivity index is 1.81. The molecule has 3 nitrogen and oxygen atoms in total. The zero-order chi connectivity index (χ0) is 13.0. The summed E-state index contributed by atoms with van der Waals surface area (Å²) in [4.78, 5) is 2.41. The second-order valence-electron chi connectivity index (χ2n) is 5.29. The Kier molecular flexibility index (Phi) is 4.19. The standard InChI is InChI=1S/C14H21FN2O/c1-14(2)11-18-9-8-17(14)7-6-16-13-5-3-4-12(15)10-13/h3-5,10,16H,6-9,11H2,1-2H3. The molecule has 0 bridgehead atoms. The van der Waals surface area contributed by atoms with E-state index in [1.165, 1.54) is 12.1 Å². The molecule has 0 atom stereocenters. The van der Waals surface area contributed by atoms with Crippen molar-refractivity contribution >= 4 is 5.69 Å². The molecule has 0 amide bonds. The second kappa shape index (κ2) is 5.67. The first-order valence-electron chi connectivity index (χ1n) is 6.40. The van der Waals surface area contributed by atoms with Crippen molar-refractivity contribution < 1.29 is 9.13 Å². The van der Waals surface area contributed by atoms with Gasteiger partial charge in [0, 0.05) is 30.9 Å². The number of ether oxygens (including phenoxy) is 1. The lowest BCUT2D eigenvalue weighted by atomic mass is 10.0. The van der Waals surface area contributed by atoms with Crippen LogP contribution in [0, 0.1) is 5.82 Å². The monoisotopic (exact) mass is 252 g/mol. The minimum absolute atomic E-state index is 0.0852. The predicted octanol–water partition coefficient (Wildman–Crippen LogP) is 2.35. The van der Waals surface area contributed by atoms with Crippen LogP contribution in [0.2, 0.25) is 0 Å². The van der Waals surface area contributed by atoms with Crippen LogP contribution in [0.4, 0.5) is 10.1 Å². The maximum atomic E-state index is 13.0. The van der Waals surface area contributed by atoms with E-state index in [9.17, 15) is 4.39 Å². The fraction of sp³-hybridized carbons (Fsp3) is 0.571. The largest absolute Gasteiger partial charge is 0.384 e. The molecule has 0 aliphatic carbocycles. The van der Waals surface area contributed by atoms with Crippen LogP contribution in [-0.4, -0.2) is 43.3 Å². The highest BCUT2D eigenvalue weighted by Gasteiger charge is 2.29. The third-order valence-corrected chi connectivity index (χ3v) is 3.35. The van der Waals surface area contributed by atoms with E-state index in [2.05, 4.69) is 24.1 Å².